The number of hydrogen-bond donors (Lipinski definition) is 2. The van der Waals surface area contributed by atoms with Gasteiger partial charge in [0.1, 0.15) is 0 Å². The highest BCUT2D eigenvalue weighted by Gasteiger charge is 2.37. The first-order chi connectivity index (χ1) is 8.66. The van der Waals surface area contributed by atoms with E-state index in [0.29, 0.717) is 11.3 Å². The van der Waals surface area contributed by atoms with Gasteiger partial charge in [0.05, 0.1) is 12.1 Å². The minimum Gasteiger partial charge on any atom is -0.394 e. The van der Waals surface area contributed by atoms with Crippen LogP contribution in [0.15, 0.2) is 30.3 Å². The molecule has 18 heavy (non-hydrogen) atoms. The third-order valence-corrected chi connectivity index (χ3v) is 4.64. The predicted molar refractivity (Wildman–Crippen MR) is 79.0 cm³/mol. The molecule has 0 amide bonds. The van der Waals surface area contributed by atoms with Crippen LogP contribution < -0.4 is 5.32 Å². The number of nitrogens with one attached hydrogen (secondary N) is 1. The zero-order chi connectivity index (χ0) is 13.0. The summed E-state index contributed by atoms with van der Waals surface area (Å²) in [5.74, 6) is 0.918. The van der Waals surface area contributed by atoms with E-state index < -0.39 is 0 Å². The second-order valence-corrected chi connectivity index (χ2v) is 6.95. The quantitative estimate of drug-likeness (QED) is 0.795. The van der Waals surface area contributed by atoms with Gasteiger partial charge in [-0.2, -0.15) is 11.8 Å². The van der Waals surface area contributed by atoms with Crippen molar-refractivity contribution in [3.63, 3.8) is 0 Å². The Morgan fingerprint density at radius 3 is 2.50 bits per heavy atom. The fraction of sp³-hybridized carbons (Fsp3) is 0.600. The maximum atomic E-state index is 9.94. The minimum absolute atomic E-state index is 0.160. The fourth-order valence-corrected chi connectivity index (χ4v) is 3.03. The van der Waals surface area contributed by atoms with Crippen molar-refractivity contribution in [1.82, 2.24) is 5.32 Å². The first-order valence-corrected chi connectivity index (χ1v) is 7.77. The van der Waals surface area contributed by atoms with Crippen LogP contribution in [-0.2, 0) is 5.54 Å². The van der Waals surface area contributed by atoms with E-state index in [2.05, 4.69) is 31.3 Å². The number of benzene rings is 1. The molecule has 1 aromatic carbocycles. The lowest BCUT2D eigenvalue weighted by Crippen LogP contribution is -2.49. The van der Waals surface area contributed by atoms with Gasteiger partial charge < -0.3 is 10.4 Å². The third kappa shape index (κ3) is 3.50. The van der Waals surface area contributed by atoms with E-state index in [-0.39, 0.29) is 12.1 Å². The van der Waals surface area contributed by atoms with Gasteiger partial charge in [-0.15, -0.1) is 0 Å². The molecule has 0 heterocycles. The molecular weight excluding hydrogens is 242 g/mol. The highest BCUT2D eigenvalue weighted by molar-refractivity contribution is 7.99. The van der Waals surface area contributed by atoms with Gasteiger partial charge >= 0.3 is 0 Å². The van der Waals surface area contributed by atoms with Gasteiger partial charge in [0.2, 0.25) is 0 Å². The summed E-state index contributed by atoms with van der Waals surface area (Å²) in [4.78, 5) is 0. The van der Waals surface area contributed by atoms with E-state index in [9.17, 15) is 5.11 Å². The Bertz CT molecular complexity index is 364. The second kappa shape index (κ2) is 6.09. The number of aliphatic hydroxyl groups excluding tert-OH is 1. The molecule has 2 nitrogen and oxygen atoms in total. The van der Waals surface area contributed by atoms with Gasteiger partial charge in [0.25, 0.3) is 0 Å². The van der Waals surface area contributed by atoms with Gasteiger partial charge in [0, 0.05) is 11.8 Å². The van der Waals surface area contributed by atoms with Crippen molar-refractivity contribution in [2.75, 3.05) is 12.4 Å². The lowest BCUT2D eigenvalue weighted by atomic mass is 9.92. The molecule has 0 aliphatic heterocycles. The molecule has 0 radical (unpaired) electrons. The van der Waals surface area contributed by atoms with E-state index in [1.165, 1.54) is 18.4 Å². The van der Waals surface area contributed by atoms with E-state index >= 15 is 0 Å². The van der Waals surface area contributed by atoms with Gasteiger partial charge in [-0.05, 0) is 23.7 Å². The number of hydrogen-bond acceptors (Lipinski definition) is 3. The molecule has 2 N–H and O–H groups in total. The Kier molecular flexibility index (Phi) is 4.71. The van der Waals surface area contributed by atoms with E-state index in [1.54, 1.807) is 0 Å². The third-order valence-electron chi connectivity index (χ3n) is 3.32. The molecular formula is C15H23NOS. The number of rotatable bonds is 7. The topological polar surface area (TPSA) is 32.3 Å². The molecule has 1 saturated carbocycles. The summed E-state index contributed by atoms with van der Waals surface area (Å²) >= 11 is 1.90. The maximum Gasteiger partial charge on any atom is 0.0762 e. The molecule has 1 aliphatic carbocycles. The summed E-state index contributed by atoms with van der Waals surface area (Å²) in [7, 11) is 0. The molecule has 2 rings (SSSR count). The molecule has 1 atom stereocenters. The lowest BCUT2D eigenvalue weighted by molar-refractivity contribution is 0.177. The summed E-state index contributed by atoms with van der Waals surface area (Å²) in [5, 5.41) is 14.2. The van der Waals surface area contributed by atoms with E-state index in [0.717, 1.165) is 5.75 Å². The van der Waals surface area contributed by atoms with Gasteiger partial charge in [-0.25, -0.2) is 0 Å². The van der Waals surface area contributed by atoms with Crippen LogP contribution in [0, 0.1) is 0 Å². The Morgan fingerprint density at radius 1 is 1.33 bits per heavy atom. The van der Waals surface area contributed by atoms with Crippen molar-refractivity contribution in [3.8, 4) is 0 Å². The largest absolute Gasteiger partial charge is 0.394 e. The molecule has 0 aromatic heterocycles. The van der Waals surface area contributed by atoms with Crippen LogP contribution in [-0.4, -0.2) is 28.8 Å². The second-order valence-electron chi connectivity index (χ2n) is 5.38. The van der Waals surface area contributed by atoms with Crippen LogP contribution in [0.5, 0.6) is 0 Å². The molecule has 1 aromatic rings. The van der Waals surface area contributed by atoms with E-state index in [1.807, 2.05) is 30.0 Å². The molecule has 0 spiro atoms. The standard InChI is InChI=1S/C15H23NOS/c1-12(2)18-11-15(10-17,16-14-8-9-14)13-6-4-3-5-7-13/h3-7,12,14,16-17H,8-11H2,1-2H3. The van der Waals surface area contributed by atoms with Crippen molar-refractivity contribution in [2.45, 2.75) is 43.5 Å². The molecule has 3 heteroatoms. The van der Waals surface area contributed by atoms with Crippen molar-refractivity contribution in [1.29, 1.82) is 0 Å². The SMILES string of the molecule is CC(C)SCC(CO)(NC1CC1)c1ccccc1. The van der Waals surface area contributed by atoms with Gasteiger partial charge in [-0.1, -0.05) is 44.2 Å². The van der Waals surface area contributed by atoms with Crippen molar-refractivity contribution >= 4 is 11.8 Å². The molecule has 100 valence electrons. The van der Waals surface area contributed by atoms with E-state index in [4.69, 9.17) is 0 Å². The van der Waals surface area contributed by atoms with Crippen LogP contribution in [0.4, 0.5) is 0 Å². The van der Waals surface area contributed by atoms with Crippen LogP contribution >= 0.6 is 11.8 Å². The van der Waals surface area contributed by atoms with Gasteiger partial charge in [0.15, 0.2) is 0 Å². The molecule has 1 aliphatic rings. The maximum absolute atomic E-state index is 9.94. The van der Waals surface area contributed by atoms with Crippen LogP contribution in [0.25, 0.3) is 0 Å². The number of aliphatic hydroxyl groups is 1. The van der Waals surface area contributed by atoms with Crippen LogP contribution in [0.2, 0.25) is 0 Å². The van der Waals surface area contributed by atoms with Crippen LogP contribution in [0.3, 0.4) is 0 Å². The summed E-state index contributed by atoms with van der Waals surface area (Å²) in [6.07, 6.45) is 2.47. The Hall–Kier alpha value is -0.510. The predicted octanol–water partition coefficient (Wildman–Crippen LogP) is 2.77. The first kappa shape index (κ1) is 13.9. The monoisotopic (exact) mass is 265 g/mol. The minimum atomic E-state index is -0.280. The average Bonchev–Trinajstić information content (AvgIpc) is 3.19. The van der Waals surface area contributed by atoms with Crippen molar-refractivity contribution in [3.05, 3.63) is 35.9 Å². The first-order valence-electron chi connectivity index (χ1n) is 6.72. The Balaban J connectivity index is 2.18. The zero-order valence-corrected chi connectivity index (χ0v) is 12.0. The molecule has 1 unspecified atom stereocenters. The van der Waals surface area contributed by atoms with Crippen LogP contribution in [0.1, 0.15) is 32.3 Å². The summed E-state index contributed by atoms with van der Waals surface area (Å²) in [6.45, 7) is 4.57. The number of thioether (sulfide) groups is 1. The Morgan fingerprint density at radius 2 is 2.00 bits per heavy atom. The summed E-state index contributed by atoms with van der Waals surface area (Å²) in [5.41, 5.74) is 0.921. The zero-order valence-electron chi connectivity index (χ0n) is 11.2. The molecule has 1 fully saturated rings. The highest BCUT2D eigenvalue weighted by Crippen LogP contribution is 2.32. The smallest absolute Gasteiger partial charge is 0.0762 e. The summed E-state index contributed by atoms with van der Waals surface area (Å²) < 4.78 is 0. The molecule has 0 bridgehead atoms. The fourth-order valence-electron chi connectivity index (χ4n) is 2.08. The Labute approximate surface area is 114 Å². The average molecular weight is 265 g/mol. The molecule has 0 saturated heterocycles. The summed E-state index contributed by atoms with van der Waals surface area (Å²) in [6, 6.07) is 10.9. The van der Waals surface area contributed by atoms with Crippen molar-refractivity contribution in [2.24, 2.45) is 0 Å². The lowest BCUT2D eigenvalue weighted by Gasteiger charge is -2.34. The normalized spacial score (nSPS) is 18.9. The van der Waals surface area contributed by atoms with Crippen molar-refractivity contribution < 1.29 is 5.11 Å². The van der Waals surface area contributed by atoms with Gasteiger partial charge in [-0.3, -0.25) is 0 Å². The highest BCUT2D eigenvalue weighted by atomic mass is 32.2.